The Morgan fingerprint density at radius 3 is 2.71 bits per heavy atom. The van der Waals surface area contributed by atoms with Crippen molar-refractivity contribution in [2.24, 2.45) is 0 Å². The molecule has 0 spiro atoms. The van der Waals surface area contributed by atoms with E-state index in [1.165, 1.54) is 24.6 Å². The highest BCUT2D eigenvalue weighted by Gasteiger charge is 2.27. The Labute approximate surface area is 208 Å². The van der Waals surface area contributed by atoms with Crippen molar-refractivity contribution in [1.82, 2.24) is 29.3 Å². The number of hydrogen-bond donors (Lipinski definition) is 0. The molecule has 4 aromatic heterocycles. The van der Waals surface area contributed by atoms with E-state index in [0.29, 0.717) is 33.8 Å². The highest BCUT2D eigenvalue weighted by atomic mass is 32.2. The van der Waals surface area contributed by atoms with Gasteiger partial charge in [0.15, 0.2) is 0 Å². The van der Waals surface area contributed by atoms with Crippen molar-refractivity contribution in [2.45, 2.75) is 54.6 Å². The molecule has 4 heterocycles. The molecule has 0 saturated heterocycles. The van der Waals surface area contributed by atoms with Crippen LogP contribution in [0.15, 0.2) is 52.9 Å². The fraction of sp³-hybridized carbons (Fsp3) is 0.346. The number of nitriles is 2. The molecule has 1 aliphatic rings. The first-order valence-corrected chi connectivity index (χ1v) is 12.5. The molecule has 1 aliphatic carbocycles. The lowest BCUT2D eigenvalue weighted by molar-refractivity contribution is 0.180. The Kier molecular flexibility index (Phi) is 6.29. The normalized spacial score (nSPS) is 18.0. The molecule has 0 bridgehead atoms. The summed E-state index contributed by atoms with van der Waals surface area (Å²) < 4.78 is 3.92. The molecule has 9 heteroatoms. The first-order chi connectivity index (χ1) is 17.0. The standard InChI is InChI=1S/C26H26N8S/c1-17-23(15-31-34(17)22-8-4-7-21(11-22)32(2)3)19-10-24(25-20(13-28)14-30-33(25)16-19)35-26-18(12-27)6-5-9-29-26/h5-6,9-10,14-16,21-22H,4,7-8,11H2,1-3H3/t21-,22+/m0/s1. The molecular weight excluding hydrogens is 456 g/mol. The summed E-state index contributed by atoms with van der Waals surface area (Å²) in [5.41, 5.74) is 4.81. The molecule has 0 radical (unpaired) electrons. The van der Waals surface area contributed by atoms with Gasteiger partial charge in [-0.05, 0) is 64.9 Å². The molecule has 1 fully saturated rings. The van der Waals surface area contributed by atoms with Gasteiger partial charge in [0.1, 0.15) is 17.2 Å². The molecule has 0 N–H and O–H groups in total. The van der Waals surface area contributed by atoms with Crippen LogP contribution in [0.3, 0.4) is 0 Å². The number of aromatic nitrogens is 5. The van der Waals surface area contributed by atoms with Crippen LogP contribution in [-0.4, -0.2) is 49.4 Å². The summed E-state index contributed by atoms with van der Waals surface area (Å²) >= 11 is 1.38. The van der Waals surface area contributed by atoms with E-state index in [1.807, 2.05) is 12.4 Å². The molecule has 2 atom stereocenters. The summed E-state index contributed by atoms with van der Waals surface area (Å²) in [6.45, 7) is 2.12. The fourth-order valence-corrected chi connectivity index (χ4v) is 5.99. The molecule has 35 heavy (non-hydrogen) atoms. The molecular formula is C26H26N8S. The third-order valence-corrected chi connectivity index (χ3v) is 7.90. The van der Waals surface area contributed by atoms with Gasteiger partial charge < -0.3 is 4.90 Å². The van der Waals surface area contributed by atoms with Crippen LogP contribution in [0.5, 0.6) is 0 Å². The number of nitrogens with zero attached hydrogens (tertiary/aromatic N) is 8. The zero-order valence-corrected chi connectivity index (χ0v) is 20.8. The van der Waals surface area contributed by atoms with E-state index in [9.17, 15) is 10.5 Å². The van der Waals surface area contributed by atoms with E-state index in [4.69, 9.17) is 5.10 Å². The van der Waals surface area contributed by atoms with E-state index in [-0.39, 0.29) is 0 Å². The Morgan fingerprint density at radius 2 is 1.94 bits per heavy atom. The Morgan fingerprint density at radius 1 is 1.11 bits per heavy atom. The second kappa shape index (κ2) is 9.53. The van der Waals surface area contributed by atoms with Crippen LogP contribution < -0.4 is 0 Å². The minimum Gasteiger partial charge on any atom is -0.306 e. The largest absolute Gasteiger partial charge is 0.306 e. The number of hydrogen-bond acceptors (Lipinski definition) is 7. The summed E-state index contributed by atoms with van der Waals surface area (Å²) in [4.78, 5) is 7.55. The third kappa shape index (κ3) is 4.29. The van der Waals surface area contributed by atoms with Crippen LogP contribution in [0.2, 0.25) is 0 Å². The molecule has 5 rings (SSSR count). The maximum Gasteiger partial charge on any atom is 0.119 e. The summed E-state index contributed by atoms with van der Waals surface area (Å²) in [5.74, 6) is 0. The van der Waals surface area contributed by atoms with Gasteiger partial charge in [0.25, 0.3) is 0 Å². The van der Waals surface area contributed by atoms with Gasteiger partial charge in [0, 0.05) is 40.2 Å². The monoisotopic (exact) mass is 482 g/mol. The van der Waals surface area contributed by atoms with Crippen molar-refractivity contribution in [3.8, 4) is 23.3 Å². The quantitative estimate of drug-likeness (QED) is 0.401. The topological polar surface area (TPSA) is 98.8 Å². The van der Waals surface area contributed by atoms with Crippen LogP contribution in [0.1, 0.15) is 48.5 Å². The SMILES string of the molecule is Cc1c(-c2cc(Sc3ncccc3C#N)c3c(C#N)cnn3c2)cnn1[C@@H]1CCC[C@H](N(C)C)C1. The van der Waals surface area contributed by atoms with Gasteiger partial charge in [-0.1, -0.05) is 11.8 Å². The van der Waals surface area contributed by atoms with Crippen molar-refractivity contribution < 1.29 is 0 Å². The average molecular weight is 483 g/mol. The second-order valence-corrected chi connectivity index (χ2v) is 10.2. The lowest BCUT2D eigenvalue weighted by Gasteiger charge is -2.34. The van der Waals surface area contributed by atoms with E-state index in [1.54, 1.807) is 29.0 Å². The van der Waals surface area contributed by atoms with Gasteiger partial charge in [0.2, 0.25) is 0 Å². The highest BCUT2D eigenvalue weighted by Crippen LogP contribution is 2.38. The van der Waals surface area contributed by atoms with Gasteiger partial charge in [-0.25, -0.2) is 9.50 Å². The van der Waals surface area contributed by atoms with Gasteiger partial charge in [0.05, 0.1) is 35.1 Å². The van der Waals surface area contributed by atoms with E-state index >= 15 is 0 Å². The lowest BCUT2D eigenvalue weighted by Crippen LogP contribution is -2.34. The van der Waals surface area contributed by atoms with Crippen LogP contribution in [0, 0.1) is 29.6 Å². The summed E-state index contributed by atoms with van der Waals surface area (Å²) in [7, 11) is 4.31. The van der Waals surface area contributed by atoms with Crippen LogP contribution >= 0.6 is 11.8 Å². The van der Waals surface area contributed by atoms with Crippen molar-refractivity contribution in [3.05, 3.63) is 59.8 Å². The summed E-state index contributed by atoms with van der Waals surface area (Å²) in [6.07, 6.45) is 11.8. The number of rotatable bonds is 5. The molecule has 0 amide bonds. The molecule has 0 aliphatic heterocycles. The smallest absolute Gasteiger partial charge is 0.119 e. The summed E-state index contributed by atoms with van der Waals surface area (Å²) in [6, 6.07) is 10.9. The minimum absolute atomic E-state index is 0.379. The number of fused-ring (bicyclic) bond motifs is 1. The van der Waals surface area contributed by atoms with Crippen molar-refractivity contribution in [2.75, 3.05) is 14.1 Å². The third-order valence-electron chi connectivity index (χ3n) is 6.85. The second-order valence-electron chi connectivity index (χ2n) is 9.15. The van der Waals surface area contributed by atoms with E-state index < -0.39 is 0 Å². The van der Waals surface area contributed by atoms with Crippen LogP contribution in [0.25, 0.3) is 16.6 Å². The Bertz CT molecular complexity index is 1470. The number of pyridine rings is 2. The molecule has 0 aromatic carbocycles. The van der Waals surface area contributed by atoms with Crippen molar-refractivity contribution >= 4 is 17.3 Å². The molecule has 4 aromatic rings. The molecule has 8 nitrogen and oxygen atoms in total. The molecule has 176 valence electrons. The zero-order chi connectivity index (χ0) is 24.5. The van der Waals surface area contributed by atoms with Crippen LogP contribution in [-0.2, 0) is 0 Å². The maximum absolute atomic E-state index is 9.66. The molecule has 1 saturated carbocycles. The van der Waals surface area contributed by atoms with Crippen molar-refractivity contribution in [3.63, 3.8) is 0 Å². The predicted molar refractivity (Wildman–Crippen MR) is 134 cm³/mol. The molecule has 0 unspecified atom stereocenters. The van der Waals surface area contributed by atoms with E-state index in [2.05, 4.69) is 58.9 Å². The Balaban J connectivity index is 1.57. The van der Waals surface area contributed by atoms with E-state index in [0.717, 1.165) is 34.6 Å². The van der Waals surface area contributed by atoms with Gasteiger partial charge in [-0.15, -0.1) is 0 Å². The fourth-order valence-electron chi connectivity index (χ4n) is 4.96. The van der Waals surface area contributed by atoms with Gasteiger partial charge >= 0.3 is 0 Å². The van der Waals surface area contributed by atoms with Gasteiger partial charge in [-0.2, -0.15) is 20.7 Å². The Hall–Kier alpha value is -3.66. The summed E-state index contributed by atoms with van der Waals surface area (Å²) in [5, 5.41) is 29.0. The maximum atomic E-state index is 9.66. The van der Waals surface area contributed by atoms with Crippen LogP contribution in [0.4, 0.5) is 0 Å². The predicted octanol–water partition coefficient (Wildman–Crippen LogP) is 4.84. The highest BCUT2D eigenvalue weighted by molar-refractivity contribution is 7.99. The van der Waals surface area contributed by atoms with Gasteiger partial charge in [-0.3, -0.25) is 4.68 Å². The lowest BCUT2D eigenvalue weighted by atomic mass is 9.90. The first-order valence-electron chi connectivity index (χ1n) is 11.7. The first kappa shape index (κ1) is 23.1. The van der Waals surface area contributed by atoms with Crippen molar-refractivity contribution in [1.29, 1.82) is 10.5 Å². The zero-order valence-electron chi connectivity index (χ0n) is 20.0. The minimum atomic E-state index is 0.379. The average Bonchev–Trinajstić information content (AvgIpc) is 3.47.